The summed E-state index contributed by atoms with van der Waals surface area (Å²) in [4.78, 5) is 41.5. The standard InChI is InChI=1S/C24H26N6O.C18H17N5O2.C5H10N2/c1-15(2)19(11-25)10-22(31)17-4-6-18(7-5-17)23-16(3)12-26-24(29-23)28-20-13-27-30(14-20)21-8-9-21;1-11-8-19-18(21-14-9-20-23(10-14)15-6-7-15)22-16(11)12-2-4-13(5-3-12)17(24)25;1-4(2)5(7)3-6/h4-7,12-15,19,21H,8-10H2,1-3H3,(H,26,28,29);2-5,8-10,15H,6-7H2,1H3,(H,24,25)(H,19,21,22);4-5H,7H2,1-2H3/t19-;;5-/m1.1/s1. The van der Waals surface area contributed by atoms with Crippen molar-refractivity contribution in [1.29, 1.82) is 10.5 Å². The molecule has 0 bridgehead atoms. The summed E-state index contributed by atoms with van der Waals surface area (Å²) in [7, 11) is 0. The molecule has 5 N–H and O–H groups in total. The molecule has 2 aliphatic carbocycles. The van der Waals surface area contributed by atoms with Crippen LogP contribution in [0, 0.1) is 54.3 Å². The van der Waals surface area contributed by atoms with Crippen LogP contribution in [-0.2, 0) is 0 Å². The number of nitrogens with two attached hydrogens (primary N) is 1. The minimum absolute atomic E-state index is 0.0127. The van der Waals surface area contributed by atoms with Gasteiger partial charge in [-0.25, -0.2) is 24.7 Å². The zero-order valence-corrected chi connectivity index (χ0v) is 36.4. The predicted octanol–water partition coefficient (Wildman–Crippen LogP) is 9.01. The minimum Gasteiger partial charge on any atom is -0.478 e. The van der Waals surface area contributed by atoms with Crippen molar-refractivity contribution in [2.24, 2.45) is 23.5 Å². The largest absolute Gasteiger partial charge is 0.478 e. The molecule has 2 aliphatic rings. The monoisotopic (exact) mass is 847 g/mol. The summed E-state index contributed by atoms with van der Waals surface area (Å²) in [5.41, 5.74) is 13.0. The van der Waals surface area contributed by atoms with Gasteiger partial charge in [-0.1, -0.05) is 64.1 Å². The number of carboxylic acid groups (broad SMARTS) is 1. The molecule has 0 unspecified atom stereocenters. The van der Waals surface area contributed by atoms with Gasteiger partial charge in [0.25, 0.3) is 0 Å². The molecular formula is C47H53N13O3. The summed E-state index contributed by atoms with van der Waals surface area (Å²) < 4.78 is 3.94. The Hall–Kier alpha value is -7.30. The summed E-state index contributed by atoms with van der Waals surface area (Å²) in [6.45, 7) is 11.7. The first-order chi connectivity index (χ1) is 30.2. The van der Waals surface area contributed by atoms with Crippen LogP contribution in [0.4, 0.5) is 23.3 Å². The van der Waals surface area contributed by atoms with Crippen LogP contribution < -0.4 is 16.4 Å². The molecule has 4 heterocycles. The van der Waals surface area contributed by atoms with E-state index in [0.29, 0.717) is 29.5 Å². The molecule has 0 spiro atoms. The molecule has 0 radical (unpaired) electrons. The van der Waals surface area contributed by atoms with Crippen molar-refractivity contribution < 1.29 is 14.7 Å². The third-order valence-corrected chi connectivity index (χ3v) is 10.6. The van der Waals surface area contributed by atoms with Crippen LogP contribution in [0.5, 0.6) is 0 Å². The lowest BCUT2D eigenvalue weighted by molar-refractivity contribution is 0.0696. The number of aromatic carboxylic acids is 1. The maximum absolute atomic E-state index is 12.6. The Morgan fingerprint density at radius 1 is 0.714 bits per heavy atom. The quantitative estimate of drug-likeness (QED) is 0.0748. The fraction of sp³-hybridized carbons (Fsp3) is 0.362. The molecule has 4 aromatic heterocycles. The van der Waals surface area contributed by atoms with E-state index in [-0.39, 0.29) is 41.6 Å². The highest BCUT2D eigenvalue weighted by atomic mass is 16.4. The predicted molar refractivity (Wildman–Crippen MR) is 240 cm³/mol. The molecule has 16 nitrogen and oxygen atoms in total. The molecule has 8 rings (SSSR count). The Kier molecular flexibility index (Phi) is 14.7. The summed E-state index contributed by atoms with van der Waals surface area (Å²) in [5.74, 6) is 0.198. The number of benzene rings is 2. The second-order valence-electron chi connectivity index (χ2n) is 16.5. The van der Waals surface area contributed by atoms with Crippen LogP contribution in [0.15, 0.2) is 85.7 Å². The number of nitriles is 2. The number of hydrogen-bond acceptors (Lipinski definition) is 13. The second kappa shape index (κ2) is 20.5. The number of anilines is 4. The van der Waals surface area contributed by atoms with Crippen LogP contribution in [0.1, 0.15) is 104 Å². The molecule has 0 aliphatic heterocycles. The summed E-state index contributed by atoms with van der Waals surface area (Å²) in [6, 6.07) is 19.0. The van der Waals surface area contributed by atoms with E-state index in [9.17, 15) is 14.9 Å². The number of ketones is 1. The number of nitrogens with zero attached hydrogens (tertiary/aromatic N) is 10. The molecule has 2 aromatic carbocycles. The normalized spacial score (nSPS) is 14.0. The number of carboxylic acids is 1. The van der Waals surface area contributed by atoms with E-state index >= 15 is 0 Å². The van der Waals surface area contributed by atoms with Crippen LogP contribution in [-0.4, -0.2) is 62.4 Å². The first-order valence-corrected chi connectivity index (χ1v) is 21.0. The first kappa shape index (κ1) is 45.2. The van der Waals surface area contributed by atoms with E-state index in [1.165, 1.54) is 25.7 Å². The minimum atomic E-state index is -0.944. The molecule has 2 atom stereocenters. The number of carbonyl (C=O) groups excluding carboxylic acids is 1. The third kappa shape index (κ3) is 12.4. The van der Waals surface area contributed by atoms with Crippen LogP contribution in [0.3, 0.4) is 0 Å². The van der Waals surface area contributed by atoms with E-state index in [1.807, 2.05) is 81.5 Å². The van der Waals surface area contributed by atoms with E-state index in [0.717, 1.165) is 45.0 Å². The van der Waals surface area contributed by atoms with Gasteiger partial charge < -0.3 is 21.5 Å². The van der Waals surface area contributed by atoms with Crippen molar-refractivity contribution in [3.8, 4) is 34.7 Å². The van der Waals surface area contributed by atoms with Crippen molar-refractivity contribution in [2.45, 2.75) is 91.8 Å². The molecule has 324 valence electrons. The van der Waals surface area contributed by atoms with Crippen molar-refractivity contribution in [3.63, 3.8) is 0 Å². The van der Waals surface area contributed by atoms with Crippen LogP contribution in [0.25, 0.3) is 22.5 Å². The number of hydrogen-bond donors (Lipinski definition) is 4. The fourth-order valence-electron chi connectivity index (χ4n) is 6.21. The average molecular weight is 848 g/mol. The van der Waals surface area contributed by atoms with Crippen molar-refractivity contribution in [1.82, 2.24) is 39.5 Å². The van der Waals surface area contributed by atoms with Gasteiger partial charge in [0.1, 0.15) is 0 Å². The lowest BCUT2D eigenvalue weighted by atomic mass is 9.90. The second-order valence-corrected chi connectivity index (χ2v) is 16.5. The highest BCUT2D eigenvalue weighted by Crippen LogP contribution is 2.36. The number of rotatable bonds is 14. The highest BCUT2D eigenvalue weighted by Gasteiger charge is 2.25. The van der Waals surface area contributed by atoms with Gasteiger partial charge in [-0.15, -0.1) is 0 Å². The van der Waals surface area contributed by atoms with Crippen LogP contribution in [0.2, 0.25) is 0 Å². The molecule has 2 fully saturated rings. The Morgan fingerprint density at radius 3 is 1.51 bits per heavy atom. The Labute approximate surface area is 367 Å². The van der Waals surface area contributed by atoms with Crippen molar-refractivity contribution >= 4 is 35.0 Å². The summed E-state index contributed by atoms with van der Waals surface area (Å²) >= 11 is 0. The van der Waals surface area contributed by atoms with Gasteiger partial charge in [-0.2, -0.15) is 20.7 Å². The van der Waals surface area contributed by atoms with E-state index < -0.39 is 5.97 Å². The van der Waals surface area contributed by atoms with Crippen LogP contribution >= 0.6 is 0 Å². The Balaban J connectivity index is 0.000000185. The molecular weight excluding hydrogens is 795 g/mol. The van der Waals surface area contributed by atoms with Gasteiger partial charge in [-0.05, 0) is 74.6 Å². The Morgan fingerprint density at radius 2 is 1.16 bits per heavy atom. The maximum atomic E-state index is 12.6. The highest BCUT2D eigenvalue weighted by molar-refractivity contribution is 5.96. The SMILES string of the molecule is CC(C)[C@H](N)C#N.Cc1cnc(Nc2cnn(C3CC3)c2)nc1-c1ccc(C(=O)C[C@H](C#N)C(C)C)cc1.Cc1cnc(Nc2cnn(C3CC3)c2)nc1-c1ccc(C(=O)O)cc1. The zero-order valence-electron chi connectivity index (χ0n) is 36.4. The van der Waals surface area contributed by atoms with Crippen molar-refractivity contribution in [3.05, 3.63) is 108 Å². The lowest BCUT2D eigenvalue weighted by Crippen LogP contribution is -2.23. The van der Waals surface area contributed by atoms with Gasteiger partial charge in [0, 0.05) is 47.9 Å². The number of carbonyl (C=O) groups is 2. The summed E-state index contributed by atoms with van der Waals surface area (Å²) in [6.07, 6.45) is 16.0. The van der Waals surface area contributed by atoms with E-state index in [1.54, 1.807) is 61.2 Å². The molecule has 0 amide bonds. The zero-order chi connectivity index (χ0) is 45.2. The number of nitrogens with one attached hydrogen (secondary N) is 2. The van der Waals surface area contributed by atoms with Crippen molar-refractivity contribution in [2.75, 3.05) is 10.6 Å². The topological polar surface area (TPSA) is 239 Å². The van der Waals surface area contributed by atoms with Gasteiger partial charge in [0.2, 0.25) is 11.9 Å². The Bertz CT molecular complexity index is 2590. The van der Waals surface area contributed by atoms with Gasteiger partial charge in [-0.3, -0.25) is 14.2 Å². The molecule has 63 heavy (non-hydrogen) atoms. The number of Topliss-reactive ketones (excluding diaryl/α,β-unsaturated/α-hetero) is 1. The van der Waals surface area contributed by atoms with E-state index in [4.69, 9.17) is 16.1 Å². The van der Waals surface area contributed by atoms with E-state index in [2.05, 4.69) is 46.8 Å². The average Bonchev–Trinajstić information content (AvgIpc) is 4.22. The fourth-order valence-corrected chi connectivity index (χ4v) is 6.21. The molecule has 6 aromatic rings. The summed E-state index contributed by atoms with van der Waals surface area (Å²) in [5, 5.41) is 41.5. The number of aryl methyl sites for hydroxylation is 2. The third-order valence-electron chi connectivity index (χ3n) is 10.6. The smallest absolute Gasteiger partial charge is 0.335 e. The molecule has 2 saturated carbocycles. The molecule has 0 saturated heterocycles. The first-order valence-electron chi connectivity index (χ1n) is 21.0. The maximum Gasteiger partial charge on any atom is 0.335 e. The van der Waals surface area contributed by atoms with Gasteiger partial charge in [0.15, 0.2) is 5.78 Å². The van der Waals surface area contributed by atoms with Gasteiger partial charge in [0.05, 0.1) is 76.9 Å². The number of aromatic nitrogens is 8. The lowest BCUT2D eigenvalue weighted by Gasteiger charge is -2.12. The van der Waals surface area contributed by atoms with Gasteiger partial charge >= 0.3 is 5.97 Å². The molecule has 16 heteroatoms.